The van der Waals surface area contributed by atoms with E-state index in [2.05, 4.69) is 0 Å². The maximum absolute atomic E-state index is 9.49. The second kappa shape index (κ2) is 3.45. The normalized spacial score (nSPS) is 10.2. The highest BCUT2D eigenvalue weighted by Crippen LogP contribution is 2.29. The Morgan fingerprint density at radius 2 is 2.00 bits per heavy atom. The molecule has 1 rings (SSSR count). The zero-order valence-electron chi connectivity index (χ0n) is 7.04. The van der Waals surface area contributed by atoms with Crippen molar-refractivity contribution in [3.63, 3.8) is 0 Å². The second-order valence-electron chi connectivity index (χ2n) is 2.76. The lowest BCUT2D eigenvalue weighted by Gasteiger charge is -2.06. The molecule has 0 atom stereocenters. The van der Waals surface area contributed by atoms with Gasteiger partial charge in [-0.25, -0.2) is 0 Å². The van der Waals surface area contributed by atoms with Crippen molar-refractivity contribution in [1.29, 1.82) is 0 Å². The molecular formula is C9H13NO2. The largest absolute Gasteiger partial charge is 0.508 e. The number of hydrogen-bond acceptors (Lipinski definition) is 3. The Bertz CT molecular complexity index is 284. The summed E-state index contributed by atoms with van der Waals surface area (Å²) >= 11 is 0. The van der Waals surface area contributed by atoms with Crippen molar-refractivity contribution in [2.24, 2.45) is 5.73 Å². The quantitative estimate of drug-likeness (QED) is 0.613. The van der Waals surface area contributed by atoms with Crippen LogP contribution >= 0.6 is 0 Å². The summed E-state index contributed by atoms with van der Waals surface area (Å²) in [4.78, 5) is 0. The first-order valence-corrected chi connectivity index (χ1v) is 3.87. The lowest BCUT2D eigenvalue weighted by molar-refractivity contribution is 0.438. The lowest BCUT2D eigenvalue weighted by Crippen LogP contribution is -2.03. The molecular weight excluding hydrogens is 154 g/mol. The number of nitrogens with two attached hydrogens (primary N) is 1. The van der Waals surface area contributed by atoms with Crippen LogP contribution in [0.5, 0.6) is 11.5 Å². The summed E-state index contributed by atoms with van der Waals surface area (Å²) in [6.45, 7) is 2.17. The first kappa shape index (κ1) is 8.87. The smallest absolute Gasteiger partial charge is 0.125 e. The van der Waals surface area contributed by atoms with Crippen LogP contribution in [-0.2, 0) is 6.42 Å². The van der Waals surface area contributed by atoms with E-state index in [0.29, 0.717) is 18.5 Å². The van der Waals surface area contributed by atoms with Crippen LogP contribution in [0.1, 0.15) is 11.1 Å². The minimum Gasteiger partial charge on any atom is -0.508 e. The molecule has 0 saturated heterocycles. The first-order valence-electron chi connectivity index (χ1n) is 3.87. The molecule has 0 saturated carbocycles. The summed E-state index contributed by atoms with van der Waals surface area (Å²) in [6.07, 6.45) is 0.632. The lowest BCUT2D eigenvalue weighted by atomic mass is 10.1. The standard InChI is InChI=1S/C9H13NO2/c1-6-8(11)3-2-7(4-5-10)9(6)12/h2-3,11-12H,4-5,10H2,1H3. The number of benzene rings is 1. The molecule has 0 amide bonds. The predicted octanol–water partition coefficient (Wildman–Crippen LogP) is 0.907. The third-order valence-corrected chi connectivity index (χ3v) is 1.90. The van der Waals surface area contributed by atoms with Gasteiger partial charge in [0.15, 0.2) is 0 Å². The van der Waals surface area contributed by atoms with Gasteiger partial charge in [-0.15, -0.1) is 0 Å². The van der Waals surface area contributed by atoms with Crippen LogP contribution < -0.4 is 5.73 Å². The van der Waals surface area contributed by atoms with Gasteiger partial charge < -0.3 is 15.9 Å². The fourth-order valence-corrected chi connectivity index (χ4v) is 1.10. The van der Waals surface area contributed by atoms with E-state index in [1.807, 2.05) is 0 Å². The molecule has 0 fully saturated rings. The van der Waals surface area contributed by atoms with Gasteiger partial charge in [-0.05, 0) is 31.5 Å². The molecule has 0 aromatic heterocycles. The van der Waals surface area contributed by atoms with E-state index >= 15 is 0 Å². The Labute approximate surface area is 71.5 Å². The number of hydrogen-bond donors (Lipinski definition) is 3. The number of phenolic OH excluding ortho intramolecular Hbond substituents is 2. The third kappa shape index (κ3) is 1.51. The average molecular weight is 167 g/mol. The Morgan fingerprint density at radius 1 is 1.33 bits per heavy atom. The van der Waals surface area contributed by atoms with Gasteiger partial charge in [0.2, 0.25) is 0 Å². The summed E-state index contributed by atoms with van der Waals surface area (Å²) in [7, 11) is 0. The highest BCUT2D eigenvalue weighted by atomic mass is 16.3. The number of phenols is 2. The fraction of sp³-hybridized carbons (Fsp3) is 0.333. The van der Waals surface area contributed by atoms with Crippen molar-refractivity contribution in [3.8, 4) is 11.5 Å². The van der Waals surface area contributed by atoms with E-state index in [9.17, 15) is 10.2 Å². The third-order valence-electron chi connectivity index (χ3n) is 1.90. The molecule has 0 unspecified atom stereocenters. The van der Waals surface area contributed by atoms with Crippen molar-refractivity contribution in [1.82, 2.24) is 0 Å². The minimum absolute atomic E-state index is 0.119. The Balaban J connectivity index is 3.08. The summed E-state index contributed by atoms with van der Waals surface area (Å²) in [6, 6.07) is 3.25. The summed E-state index contributed by atoms with van der Waals surface area (Å²) in [5, 5.41) is 18.7. The molecule has 66 valence electrons. The van der Waals surface area contributed by atoms with Gasteiger partial charge in [0.05, 0.1) is 0 Å². The molecule has 1 aromatic carbocycles. The molecule has 12 heavy (non-hydrogen) atoms. The Kier molecular flexibility index (Phi) is 2.55. The van der Waals surface area contributed by atoms with Crippen LogP contribution in [-0.4, -0.2) is 16.8 Å². The van der Waals surface area contributed by atoms with Gasteiger partial charge in [0.25, 0.3) is 0 Å². The van der Waals surface area contributed by atoms with E-state index in [0.717, 1.165) is 5.56 Å². The highest BCUT2D eigenvalue weighted by Gasteiger charge is 2.06. The Morgan fingerprint density at radius 3 is 2.58 bits per heavy atom. The molecule has 3 nitrogen and oxygen atoms in total. The Hall–Kier alpha value is -1.22. The van der Waals surface area contributed by atoms with Crippen LogP contribution in [0.25, 0.3) is 0 Å². The maximum atomic E-state index is 9.49. The molecule has 4 N–H and O–H groups in total. The van der Waals surface area contributed by atoms with E-state index in [4.69, 9.17) is 5.73 Å². The van der Waals surface area contributed by atoms with Gasteiger partial charge in [0.1, 0.15) is 11.5 Å². The molecule has 0 aliphatic heterocycles. The topological polar surface area (TPSA) is 66.5 Å². The van der Waals surface area contributed by atoms with Crippen LogP contribution in [0.3, 0.4) is 0 Å². The zero-order chi connectivity index (χ0) is 9.14. The van der Waals surface area contributed by atoms with Crippen LogP contribution in [0, 0.1) is 6.92 Å². The van der Waals surface area contributed by atoms with Crippen molar-refractivity contribution < 1.29 is 10.2 Å². The van der Waals surface area contributed by atoms with Gasteiger partial charge >= 0.3 is 0 Å². The van der Waals surface area contributed by atoms with Crippen LogP contribution in [0.15, 0.2) is 12.1 Å². The summed E-state index contributed by atoms with van der Waals surface area (Å²) < 4.78 is 0. The number of rotatable bonds is 2. The predicted molar refractivity (Wildman–Crippen MR) is 47.3 cm³/mol. The molecule has 3 heteroatoms. The van der Waals surface area contributed by atoms with Crippen molar-refractivity contribution in [2.75, 3.05) is 6.54 Å². The molecule has 0 aliphatic rings. The van der Waals surface area contributed by atoms with Crippen molar-refractivity contribution in [3.05, 3.63) is 23.3 Å². The molecule has 0 aliphatic carbocycles. The van der Waals surface area contributed by atoms with Gasteiger partial charge in [-0.2, -0.15) is 0 Å². The van der Waals surface area contributed by atoms with E-state index in [-0.39, 0.29) is 11.5 Å². The molecule has 1 aromatic rings. The van der Waals surface area contributed by atoms with Crippen LogP contribution in [0.4, 0.5) is 0 Å². The fourth-order valence-electron chi connectivity index (χ4n) is 1.10. The molecule has 0 bridgehead atoms. The highest BCUT2D eigenvalue weighted by molar-refractivity contribution is 5.47. The second-order valence-corrected chi connectivity index (χ2v) is 2.76. The van der Waals surface area contributed by atoms with Gasteiger partial charge in [0, 0.05) is 5.56 Å². The van der Waals surface area contributed by atoms with Crippen LogP contribution in [0.2, 0.25) is 0 Å². The van der Waals surface area contributed by atoms with Crippen molar-refractivity contribution in [2.45, 2.75) is 13.3 Å². The molecule has 0 radical (unpaired) electrons. The summed E-state index contributed by atoms with van der Waals surface area (Å²) in [5.41, 5.74) is 6.64. The molecule has 0 spiro atoms. The van der Waals surface area contributed by atoms with E-state index < -0.39 is 0 Å². The van der Waals surface area contributed by atoms with Crippen molar-refractivity contribution >= 4 is 0 Å². The number of aromatic hydroxyl groups is 2. The monoisotopic (exact) mass is 167 g/mol. The average Bonchev–Trinajstić information content (AvgIpc) is 2.07. The van der Waals surface area contributed by atoms with Gasteiger partial charge in [-0.1, -0.05) is 6.07 Å². The maximum Gasteiger partial charge on any atom is 0.125 e. The SMILES string of the molecule is Cc1c(O)ccc(CCN)c1O. The van der Waals surface area contributed by atoms with E-state index in [1.54, 1.807) is 19.1 Å². The minimum atomic E-state index is 0.119. The zero-order valence-corrected chi connectivity index (χ0v) is 7.04. The molecule has 0 heterocycles. The first-order chi connectivity index (χ1) is 5.66. The van der Waals surface area contributed by atoms with E-state index in [1.165, 1.54) is 0 Å². The van der Waals surface area contributed by atoms with Gasteiger partial charge in [-0.3, -0.25) is 0 Å². The summed E-state index contributed by atoms with van der Waals surface area (Å²) in [5.74, 6) is 0.272.